The largest absolute Gasteiger partial charge is 0.507 e. The summed E-state index contributed by atoms with van der Waals surface area (Å²) in [7, 11) is 0. The van der Waals surface area contributed by atoms with Gasteiger partial charge in [0.2, 0.25) is 12.6 Å². The Hall–Kier alpha value is -3.75. The van der Waals surface area contributed by atoms with Crippen LogP contribution in [0.5, 0.6) is 23.0 Å². The molecule has 3 aliphatic heterocycles. The smallest absolute Gasteiger partial charge is 0.229 e. The zero-order chi connectivity index (χ0) is 39.2. The number of hydrogen-bond donors (Lipinski definition) is 13. The summed E-state index contributed by atoms with van der Waals surface area (Å²) in [6.07, 6.45) is -24.8. The fraction of sp³-hybridized carbons (Fsp3) is 0.545. The van der Waals surface area contributed by atoms with E-state index in [0.29, 0.717) is 0 Å². The second kappa shape index (κ2) is 16.2. The van der Waals surface area contributed by atoms with Crippen molar-refractivity contribution < 1.29 is 99.2 Å². The lowest BCUT2D eigenvalue weighted by Crippen LogP contribution is -2.62. The minimum atomic E-state index is -1.88. The van der Waals surface area contributed by atoms with Crippen LogP contribution in [0.3, 0.4) is 0 Å². The van der Waals surface area contributed by atoms with Gasteiger partial charge in [-0.2, -0.15) is 0 Å². The molecule has 13 N–H and O–H groups in total. The van der Waals surface area contributed by atoms with Crippen LogP contribution in [0.4, 0.5) is 0 Å². The van der Waals surface area contributed by atoms with Crippen molar-refractivity contribution >= 4 is 11.0 Å². The molecule has 6 rings (SSSR count). The van der Waals surface area contributed by atoms with Crippen LogP contribution in [0.25, 0.3) is 22.3 Å². The molecule has 0 aliphatic carbocycles. The normalized spacial score (nSPS) is 37.3. The van der Waals surface area contributed by atoms with E-state index in [2.05, 4.69) is 0 Å². The topological polar surface area (TPSA) is 349 Å². The lowest BCUT2D eigenvalue weighted by Gasteiger charge is -2.42. The van der Waals surface area contributed by atoms with Crippen molar-refractivity contribution in [2.45, 2.75) is 92.1 Å². The summed E-state index contributed by atoms with van der Waals surface area (Å²) < 4.78 is 38.5. The zero-order valence-electron chi connectivity index (χ0n) is 27.8. The van der Waals surface area contributed by atoms with Crippen molar-refractivity contribution in [1.82, 2.24) is 0 Å². The lowest BCUT2D eigenvalue weighted by atomic mass is 9.98. The summed E-state index contributed by atoms with van der Waals surface area (Å²) in [5.74, 6) is -1.80. The first kappa shape index (κ1) is 39.9. The van der Waals surface area contributed by atoms with Crippen molar-refractivity contribution in [1.29, 1.82) is 0 Å². The van der Waals surface area contributed by atoms with Crippen molar-refractivity contribution in [3.05, 3.63) is 46.6 Å². The Bertz CT molecular complexity index is 1820. The number of benzene rings is 2. The quantitative estimate of drug-likeness (QED) is 0.0918. The van der Waals surface area contributed by atoms with Gasteiger partial charge in [-0.25, -0.2) is 0 Å². The van der Waals surface area contributed by atoms with Crippen LogP contribution in [-0.4, -0.2) is 178 Å². The highest BCUT2D eigenvalue weighted by atomic mass is 16.7. The average Bonchev–Trinajstić information content (AvgIpc) is 3.14. The molecular formula is C33H40O21. The molecule has 4 heterocycles. The van der Waals surface area contributed by atoms with Crippen molar-refractivity contribution in [3.8, 4) is 34.3 Å². The van der Waals surface area contributed by atoms with Crippen LogP contribution in [0.2, 0.25) is 0 Å². The van der Waals surface area contributed by atoms with Crippen molar-refractivity contribution in [2.75, 3.05) is 19.8 Å². The monoisotopic (exact) mass is 772 g/mol. The van der Waals surface area contributed by atoms with Gasteiger partial charge in [0.05, 0.1) is 19.8 Å². The lowest BCUT2D eigenvalue weighted by molar-refractivity contribution is -0.323. The standard InChI is InChI=1S/C33H40O21/c34-7-18-22(39)25(42)28(45)31(52-18)48-9-20-24(41)27(44)29(46)32(54-20)49-11-4-13(37)21-14(38)6-16(50-17(21)5-11)10-1-2-15(12(36)3-10)51-33-30(47)26(43)23(40)19(8-35)53-33/h1-6,18-20,22-37,39-47H,7-9H2/t18-,19+,20-,22-,23-,24-,25+,26-,27+,28-,29+,30-,31-,32-,33-/m1/s1. The van der Waals surface area contributed by atoms with Gasteiger partial charge in [0.25, 0.3) is 0 Å². The van der Waals surface area contributed by atoms with Crippen LogP contribution in [0.15, 0.2) is 45.6 Å². The molecule has 15 atom stereocenters. The summed E-state index contributed by atoms with van der Waals surface area (Å²) in [6, 6.07) is 6.82. The van der Waals surface area contributed by atoms with E-state index < -0.39 is 129 Å². The molecule has 2 aromatic carbocycles. The second-order valence-electron chi connectivity index (χ2n) is 13.0. The summed E-state index contributed by atoms with van der Waals surface area (Å²) in [5.41, 5.74) is -0.861. The van der Waals surface area contributed by atoms with Gasteiger partial charge in [0, 0.05) is 23.8 Å². The Morgan fingerprint density at radius 3 is 1.70 bits per heavy atom. The molecule has 0 radical (unpaired) electrons. The molecule has 0 spiro atoms. The number of aromatic hydroxyl groups is 2. The number of hydrogen-bond acceptors (Lipinski definition) is 21. The molecule has 1 aromatic heterocycles. The van der Waals surface area contributed by atoms with Gasteiger partial charge in [-0.05, 0) is 18.2 Å². The Labute approximate surface area is 303 Å². The predicted octanol–water partition coefficient (Wildman–Crippen LogP) is -4.95. The average molecular weight is 773 g/mol. The number of phenolic OH excluding ortho intramolecular Hbond substituents is 2. The molecule has 0 unspecified atom stereocenters. The molecule has 298 valence electrons. The number of ether oxygens (including phenoxy) is 6. The first-order chi connectivity index (χ1) is 25.6. The Morgan fingerprint density at radius 2 is 1.11 bits per heavy atom. The van der Waals surface area contributed by atoms with Gasteiger partial charge in [0.1, 0.15) is 101 Å². The molecule has 0 amide bonds. The van der Waals surface area contributed by atoms with Crippen LogP contribution in [0.1, 0.15) is 0 Å². The van der Waals surface area contributed by atoms with Gasteiger partial charge < -0.3 is 99.2 Å². The van der Waals surface area contributed by atoms with Crippen molar-refractivity contribution in [2.24, 2.45) is 0 Å². The number of aliphatic hydroxyl groups excluding tert-OH is 11. The minimum absolute atomic E-state index is 0.115. The van der Waals surface area contributed by atoms with Crippen LogP contribution >= 0.6 is 0 Å². The van der Waals surface area contributed by atoms with Gasteiger partial charge in [0.15, 0.2) is 23.2 Å². The van der Waals surface area contributed by atoms with Gasteiger partial charge in [-0.1, -0.05) is 0 Å². The van der Waals surface area contributed by atoms with Crippen LogP contribution < -0.4 is 14.9 Å². The fourth-order valence-corrected chi connectivity index (χ4v) is 6.19. The van der Waals surface area contributed by atoms with E-state index in [-0.39, 0.29) is 33.8 Å². The highest BCUT2D eigenvalue weighted by molar-refractivity contribution is 5.86. The summed E-state index contributed by atoms with van der Waals surface area (Å²) >= 11 is 0. The Balaban J connectivity index is 1.19. The molecular weight excluding hydrogens is 732 g/mol. The molecule has 3 fully saturated rings. The number of fused-ring (bicyclic) bond motifs is 1. The Morgan fingerprint density at radius 1 is 0.574 bits per heavy atom. The molecule has 0 saturated carbocycles. The van der Waals surface area contributed by atoms with Crippen molar-refractivity contribution in [3.63, 3.8) is 0 Å². The third kappa shape index (κ3) is 7.70. The molecule has 3 saturated heterocycles. The van der Waals surface area contributed by atoms with Gasteiger partial charge in [-0.3, -0.25) is 4.79 Å². The summed E-state index contributed by atoms with van der Waals surface area (Å²) in [4.78, 5) is 13.1. The molecule has 3 aliphatic rings. The summed E-state index contributed by atoms with van der Waals surface area (Å²) in [5, 5.41) is 132. The van der Waals surface area contributed by atoms with E-state index in [4.69, 9.17) is 32.8 Å². The van der Waals surface area contributed by atoms with E-state index in [9.17, 15) is 71.2 Å². The SMILES string of the molecule is O=c1cc(-c2ccc(O[C@@H]3O[C@@H](CO)[C@@H](O)[C@@H](O)[C@H]3O)c(O)c2)oc2cc(O[C@@H]3O[C@H](CO[C@@H]4O[C@H](CO)[C@@H](O)[C@H](O)[C@H]4O)[C@@H](O)[C@H](O)[C@@H]3O)cc(O)c12. The molecule has 0 bridgehead atoms. The number of phenols is 2. The maximum Gasteiger partial charge on any atom is 0.229 e. The highest BCUT2D eigenvalue weighted by Crippen LogP contribution is 2.37. The third-order valence-electron chi connectivity index (χ3n) is 9.31. The van der Waals surface area contributed by atoms with E-state index in [1.165, 1.54) is 12.1 Å². The van der Waals surface area contributed by atoms with E-state index >= 15 is 0 Å². The third-order valence-corrected chi connectivity index (χ3v) is 9.31. The maximum atomic E-state index is 13.1. The molecule has 21 nitrogen and oxygen atoms in total. The Kier molecular flexibility index (Phi) is 11.9. The van der Waals surface area contributed by atoms with E-state index in [0.717, 1.165) is 24.3 Å². The second-order valence-corrected chi connectivity index (χ2v) is 13.0. The first-order valence-corrected chi connectivity index (χ1v) is 16.5. The van der Waals surface area contributed by atoms with Gasteiger partial charge in [-0.15, -0.1) is 0 Å². The van der Waals surface area contributed by atoms with E-state index in [1.54, 1.807) is 0 Å². The fourth-order valence-electron chi connectivity index (χ4n) is 6.19. The maximum absolute atomic E-state index is 13.1. The minimum Gasteiger partial charge on any atom is -0.507 e. The first-order valence-electron chi connectivity index (χ1n) is 16.5. The number of rotatable bonds is 10. The van der Waals surface area contributed by atoms with Crippen LogP contribution in [0, 0.1) is 0 Å². The highest BCUT2D eigenvalue weighted by Gasteiger charge is 2.48. The van der Waals surface area contributed by atoms with Crippen LogP contribution in [-0.2, 0) is 18.9 Å². The molecule has 21 heteroatoms. The number of aliphatic hydroxyl groups is 11. The zero-order valence-corrected chi connectivity index (χ0v) is 27.8. The van der Waals surface area contributed by atoms with E-state index in [1.807, 2.05) is 0 Å². The predicted molar refractivity (Wildman–Crippen MR) is 173 cm³/mol. The molecule has 54 heavy (non-hydrogen) atoms. The van der Waals surface area contributed by atoms with Gasteiger partial charge >= 0.3 is 0 Å². The molecule has 3 aromatic rings. The summed E-state index contributed by atoms with van der Waals surface area (Å²) in [6.45, 7) is -2.07.